The number of likely N-dealkylation sites (tertiary alicyclic amines) is 1. The molecule has 9 nitrogen and oxygen atoms in total. The first-order chi connectivity index (χ1) is 15.7. The van der Waals surface area contributed by atoms with Crippen LogP contribution < -0.4 is 4.90 Å². The highest BCUT2D eigenvalue weighted by atomic mass is 16.2. The first kappa shape index (κ1) is 20.8. The van der Waals surface area contributed by atoms with Gasteiger partial charge >= 0.3 is 0 Å². The normalized spacial score (nSPS) is 18.4. The topological polar surface area (TPSA) is 83.3 Å². The molecule has 2 aliphatic heterocycles. The van der Waals surface area contributed by atoms with E-state index in [2.05, 4.69) is 65.3 Å². The van der Waals surface area contributed by atoms with Crippen molar-refractivity contribution in [3.05, 3.63) is 42.2 Å². The number of hydrogen-bond donors (Lipinski definition) is 0. The molecule has 0 spiro atoms. The van der Waals surface area contributed by atoms with Gasteiger partial charge in [0.25, 0.3) is 0 Å². The first-order valence-electron chi connectivity index (χ1n) is 11.5. The molecule has 0 atom stereocenters. The lowest BCUT2D eigenvalue weighted by molar-refractivity contribution is -0.133. The largest absolute Gasteiger partial charge is 0.352 e. The Morgan fingerprint density at radius 2 is 1.75 bits per heavy atom. The number of fused-ring (bicyclic) bond motifs is 1. The van der Waals surface area contributed by atoms with Crippen LogP contribution in [0.25, 0.3) is 11.2 Å². The van der Waals surface area contributed by atoms with Crippen LogP contribution in [0.15, 0.2) is 36.7 Å². The monoisotopic (exact) mass is 434 g/mol. The van der Waals surface area contributed by atoms with Crippen LogP contribution in [-0.4, -0.2) is 86.5 Å². The number of amides is 1. The minimum Gasteiger partial charge on any atom is -0.352 e. The number of nitrogens with zero attached hydrogens (tertiary/aromatic N) is 8. The molecule has 3 aromatic rings. The van der Waals surface area contributed by atoms with Crippen molar-refractivity contribution >= 4 is 22.9 Å². The van der Waals surface area contributed by atoms with E-state index in [0.717, 1.165) is 75.5 Å². The fraction of sp³-hybridized carbons (Fsp3) is 0.522. The summed E-state index contributed by atoms with van der Waals surface area (Å²) in [6.45, 7) is 5.56. The fourth-order valence-electron chi connectivity index (χ4n) is 4.82. The van der Waals surface area contributed by atoms with Crippen LogP contribution in [0.4, 0.5) is 5.82 Å². The number of piperidine rings is 1. The van der Waals surface area contributed by atoms with Gasteiger partial charge in [-0.3, -0.25) is 9.69 Å². The van der Waals surface area contributed by atoms with Crippen molar-refractivity contribution in [3.63, 3.8) is 0 Å². The molecule has 168 valence electrons. The van der Waals surface area contributed by atoms with E-state index in [1.807, 2.05) is 7.05 Å². The van der Waals surface area contributed by atoms with Gasteiger partial charge in [-0.2, -0.15) is 0 Å². The van der Waals surface area contributed by atoms with Crippen LogP contribution in [0.3, 0.4) is 0 Å². The lowest BCUT2D eigenvalue weighted by atomic mass is 9.90. The van der Waals surface area contributed by atoms with E-state index in [9.17, 15) is 4.79 Å². The Balaban J connectivity index is 1.10. The highest BCUT2D eigenvalue weighted by Crippen LogP contribution is 2.23. The van der Waals surface area contributed by atoms with Gasteiger partial charge in [0.15, 0.2) is 17.0 Å². The minimum atomic E-state index is 0.259. The molecular formula is C23H30N8O. The molecular weight excluding hydrogens is 404 g/mol. The van der Waals surface area contributed by atoms with E-state index < -0.39 is 0 Å². The molecule has 0 N–H and O–H groups in total. The average molecular weight is 435 g/mol. The van der Waals surface area contributed by atoms with Crippen molar-refractivity contribution in [1.82, 2.24) is 34.8 Å². The maximum Gasteiger partial charge on any atom is 0.236 e. The Morgan fingerprint density at radius 3 is 2.50 bits per heavy atom. The molecule has 0 bridgehead atoms. The summed E-state index contributed by atoms with van der Waals surface area (Å²) < 4.78 is 1.67. The average Bonchev–Trinajstić information content (AvgIpc) is 3.22. The molecule has 32 heavy (non-hydrogen) atoms. The van der Waals surface area contributed by atoms with Crippen molar-refractivity contribution in [1.29, 1.82) is 0 Å². The Kier molecular flexibility index (Phi) is 5.98. The number of carbonyl (C=O) groups is 1. The SMILES string of the molecule is Cn1nnc2c(N3CCN(CC(=O)N4CCC(Cc5ccccc5)CC4)CC3)ncnc21. The Morgan fingerprint density at radius 1 is 1.00 bits per heavy atom. The van der Waals surface area contributed by atoms with Gasteiger partial charge in [0.1, 0.15) is 6.33 Å². The van der Waals surface area contributed by atoms with E-state index in [1.54, 1.807) is 11.0 Å². The molecule has 2 aliphatic rings. The molecule has 1 amide bonds. The van der Waals surface area contributed by atoms with Crippen LogP contribution in [0.1, 0.15) is 18.4 Å². The van der Waals surface area contributed by atoms with Crippen LogP contribution >= 0.6 is 0 Å². The van der Waals surface area contributed by atoms with E-state index in [-0.39, 0.29) is 5.91 Å². The molecule has 0 aliphatic carbocycles. The number of aromatic nitrogens is 5. The summed E-state index contributed by atoms with van der Waals surface area (Å²) in [5.74, 6) is 1.76. The van der Waals surface area contributed by atoms with Crippen molar-refractivity contribution in [3.8, 4) is 0 Å². The zero-order valence-electron chi connectivity index (χ0n) is 18.6. The van der Waals surface area contributed by atoms with Crippen LogP contribution in [0.2, 0.25) is 0 Å². The van der Waals surface area contributed by atoms with Gasteiger partial charge in [0.2, 0.25) is 5.91 Å². The number of piperazine rings is 1. The molecule has 0 saturated carbocycles. The molecule has 5 rings (SSSR count). The lowest BCUT2D eigenvalue weighted by Crippen LogP contribution is -2.51. The van der Waals surface area contributed by atoms with Gasteiger partial charge in [0.05, 0.1) is 6.54 Å². The van der Waals surface area contributed by atoms with E-state index in [1.165, 1.54) is 5.56 Å². The molecule has 0 unspecified atom stereocenters. The molecule has 0 radical (unpaired) electrons. The highest BCUT2D eigenvalue weighted by molar-refractivity contribution is 5.82. The Labute approximate surface area is 188 Å². The molecule has 4 heterocycles. The van der Waals surface area contributed by atoms with Gasteiger partial charge in [-0.05, 0) is 30.7 Å². The summed E-state index contributed by atoms with van der Waals surface area (Å²) in [7, 11) is 1.83. The maximum atomic E-state index is 12.9. The summed E-state index contributed by atoms with van der Waals surface area (Å²) in [5.41, 5.74) is 2.87. The lowest BCUT2D eigenvalue weighted by Gasteiger charge is -2.37. The van der Waals surface area contributed by atoms with Crippen LogP contribution in [-0.2, 0) is 18.3 Å². The van der Waals surface area contributed by atoms with Crippen LogP contribution in [0, 0.1) is 5.92 Å². The van der Waals surface area contributed by atoms with Crippen molar-refractivity contribution < 1.29 is 4.79 Å². The van der Waals surface area contributed by atoms with Crippen LogP contribution in [0.5, 0.6) is 0 Å². The molecule has 2 fully saturated rings. The summed E-state index contributed by atoms with van der Waals surface area (Å²) in [5, 5.41) is 8.29. The Bertz CT molecular complexity index is 1050. The van der Waals surface area contributed by atoms with Gasteiger partial charge in [0, 0.05) is 46.3 Å². The number of carbonyl (C=O) groups excluding carboxylic acids is 1. The predicted octanol–water partition coefficient (Wildman–Crippen LogP) is 1.36. The second-order valence-corrected chi connectivity index (χ2v) is 8.86. The van der Waals surface area contributed by atoms with Gasteiger partial charge in [-0.15, -0.1) is 5.10 Å². The van der Waals surface area contributed by atoms with Gasteiger partial charge in [-0.25, -0.2) is 14.6 Å². The van der Waals surface area contributed by atoms with Gasteiger partial charge in [-0.1, -0.05) is 35.5 Å². The molecule has 2 saturated heterocycles. The quantitative estimate of drug-likeness (QED) is 0.600. The Hall–Kier alpha value is -3.07. The second kappa shape index (κ2) is 9.20. The smallest absolute Gasteiger partial charge is 0.236 e. The molecule has 1 aromatic carbocycles. The standard InChI is InChI=1S/C23H30N8O/c1-28-22-21(26-27-28)23(25-17-24-22)31-13-11-29(12-14-31)16-20(32)30-9-7-19(8-10-30)15-18-5-3-2-4-6-18/h2-6,17,19H,7-16H2,1H3. The van der Waals surface area contributed by atoms with E-state index >= 15 is 0 Å². The minimum absolute atomic E-state index is 0.259. The summed E-state index contributed by atoms with van der Waals surface area (Å²) in [6.07, 6.45) is 4.87. The third-order valence-corrected chi connectivity index (χ3v) is 6.73. The predicted molar refractivity (Wildman–Crippen MR) is 122 cm³/mol. The van der Waals surface area contributed by atoms with Crippen molar-refractivity contribution in [2.24, 2.45) is 13.0 Å². The second-order valence-electron chi connectivity index (χ2n) is 8.86. The zero-order valence-corrected chi connectivity index (χ0v) is 18.6. The number of rotatable bonds is 5. The first-order valence-corrected chi connectivity index (χ1v) is 11.5. The zero-order chi connectivity index (χ0) is 21.9. The summed E-state index contributed by atoms with van der Waals surface area (Å²) in [4.78, 5) is 28.1. The van der Waals surface area contributed by atoms with Gasteiger partial charge < -0.3 is 9.80 Å². The van der Waals surface area contributed by atoms with E-state index in [4.69, 9.17) is 0 Å². The number of benzene rings is 1. The third kappa shape index (κ3) is 4.43. The van der Waals surface area contributed by atoms with Crippen molar-refractivity contribution in [2.45, 2.75) is 19.3 Å². The number of anilines is 1. The number of hydrogen-bond acceptors (Lipinski definition) is 7. The van der Waals surface area contributed by atoms with Crippen molar-refractivity contribution in [2.75, 3.05) is 50.7 Å². The maximum absolute atomic E-state index is 12.9. The number of aryl methyl sites for hydroxylation is 1. The highest BCUT2D eigenvalue weighted by Gasteiger charge is 2.27. The molecule has 9 heteroatoms. The van der Waals surface area contributed by atoms with E-state index in [0.29, 0.717) is 12.5 Å². The summed E-state index contributed by atoms with van der Waals surface area (Å²) in [6, 6.07) is 10.7. The summed E-state index contributed by atoms with van der Waals surface area (Å²) >= 11 is 0. The molecule has 2 aromatic heterocycles. The third-order valence-electron chi connectivity index (χ3n) is 6.73. The fourth-order valence-corrected chi connectivity index (χ4v) is 4.82.